The van der Waals surface area contributed by atoms with Crippen molar-refractivity contribution in [3.05, 3.63) is 45.8 Å². The molecule has 0 fully saturated rings. The molecule has 0 amide bonds. The van der Waals surface area contributed by atoms with Crippen LogP contribution < -0.4 is 10.6 Å². The molecule has 100 valence electrons. The highest BCUT2D eigenvalue weighted by Gasteiger charge is 2.10. The van der Waals surface area contributed by atoms with Crippen molar-refractivity contribution in [2.45, 2.75) is 20.4 Å². The molecular weight excluding hydrogens is 274 g/mol. The summed E-state index contributed by atoms with van der Waals surface area (Å²) in [5, 5.41) is 2.09. The van der Waals surface area contributed by atoms with Crippen LogP contribution >= 0.6 is 23.6 Å². The lowest BCUT2D eigenvalue weighted by Crippen LogP contribution is -2.23. The second kappa shape index (κ2) is 6.12. The van der Waals surface area contributed by atoms with Gasteiger partial charge in [-0.1, -0.05) is 18.3 Å². The predicted molar refractivity (Wildman–Crippen MR) is 85.9 cm³/mol. The number of thiocarbonyl (C=S) groups is 1. The molecule has 0 aliphatic rings. The number of rotatable bonds is 5. The molecule has 5 heteroatoms. The zero-order valence-electron chi connectivity index (χ0n) is 11.1. The van der Waals surface area contributed by atoms with E-state index in [9.17, 15) is 0 Å². The maximum atomic E-state index is 5.72. The highest BCUT2D eigenvalue weighted by molar-refractivity contribution is 7.80. The molecule has 2 aromatic heterocycles. The Labute approximate surface area is 123 Å². The summed E-state index contributed by atoms with van der Waals surface area (Å²) in [7, 11) is 0. The van der Waals surface area contributed by atoms with Crippen LogP contribution in [0.5, 0.6) is 0 Å². The molecule has 2 rings (SSSR count). The molecule has 2 aromatic rings. The van der Waals surface area contributed by atoms with Crippen LogP contribution in [-0.4, -0.2) is 16.5 Å². The van der Waals surface area contributed by atoms with Gasteiger partial charge in [0, 0.05) is 22.7 Å². The molecule has 0 aliphatic heterocycles. The molecule has 0 unspecified atom stereocenters. The second-order valence-corrected chi connectivity index (χ2v) is 5.79. The van der Waals surface area contributed by atoms with E-state index in [0.717, 1.165) is 30.2 Å². The topological polar surface area (TPSA) is 42.1 Å². The number of anilines is 1. The first-order valence-electron chi connectivity index (χ1n) is 6.16. The predicted octanol–water partition coefficient (Wildman–Crippen LogP) is 3.11. The second-order valence-electron chi connectivity index (χ2n) is 4.31. The molecule has 3 nitrogen and oxygen atoms in total. The molecule has 0 aliphatic carbocycles. The van der Waals surface area contributed by atoms with Gasteiger partial charge in [0.15, 0.2) is 0 Å². The van der Waals surface area contributed by atoms with E-state index in [1.807, 2.05) is 19.1 Å². The first kappa shape index (κ1) is 14.0. The third-order valence-electron chi connectivity index (χ3n) is 2.86. The van der Waals surface area contributed by atoms with E-state index in [1.165, 1.54) is 4.88 Å². The Bertz CT molecular complexity index is 564. The van der Waals surface area contributed by atoms with Crippen LogP contribution in [0, 0.1) is 6.92 Å². The summed E-state index contributed by atoms with van der Waals surface area (Å²) in [5.41, 5.74) is 7.53. The number of hydrogen-bond acceptors (Lipinski definition) is 4. The fraction of sp³-hybridized carbons (Fsp3) is 0.286. The van der Waals surface area contributed by atoms with Crippen LogP contribution in [0.3, 0.4) is 0 Å². The van der Waals surface area contributed by atoms with Crippen LogP contribution in [-0.2, 0) is 6.54 Å². The van der Waals surface area contributed by atoms with Crippen LogP contribution in [0.2, 0.25) is 0 Å². The molecule has 2 N–H and O–H groups in total. The van der Waals surface area contributed by atoms with Gasteiger partial charge in [-0.15, -0.1) is 11.3 Å². The van der Waals surface area contributed by atoms with Crippen LogP contribution in [0.25, 0.3) is 0 Å². The molecule has 0 atom stereocenters. The monoisotopic (exact) mass is 291 g/mol. The number of hydrogen-bond donors (Lipinski definition) is 1. The largest absolute Gasteiger partial charge is 0.389 e. The van der Waals surface area contributed by atoms with Gasteiger partial charge in [0.1, 0.15) is 10.8 Å². The van der Waals surface area contributed by atoms with Crippen molar-refractivity contribution in [3.8, 4) is 0 Å². The number of nitrogens with zero attached hydrogens (tertiary/aromatic N) is 2. The fourth-order valence-corrected chi connectivity index (χ4v) is 2.74. The van der Waals surface area contributed by atoms with E-state index in [0.29, 0.717) is 4.99 Å². The quantitative estimate of drug-likeness (QED) is 0.860. The van der Waals surface area contributed by atoms with E-state index in [1.54, 1.807) is 11.3 Å². The summed E-state index contributed by atoms with van der Waals surface area (Å²) in [6.45, 7) is 5.84. The highest BCUT2D eigenvalue weighted by atomic mass is 32.1. The third-order valence-corrected chi connectivity index (χ3v) is 3.95. The summed E-state index contributed by atoms with van der Waals surface area (Å²) in [6, 6.07) is 8.09. The first-order valence-corrected chi connectivity index (χ1v) is 7.44. The molecule has 0 saturated heterocycles. The fourth-order valence-electron chi connectivity index (χ4n) is 1.90. The minimum atomic E-state index is 0.416. The van der Waals surface area contributed by atoms with Crippen molar-refractivity contribution in [1.82, 2.24) is 4.98 Å². The molecule has 0 radical (unpaired) electrons. The number of aromatic nitrogens is 1. The minimum absolute atomic E-state index is 0.416. The zero-order valence-corrected chi connectivity index (χ0v) is 12.7. The van der Waals surface area contributed by atoms with E-state index >= 15 is 0 Å². The summed E-state index contributed by atoms with van der Waals surface area (Å²) >= 11 is 6.81. The Kier molecular flexibility index (Phi) is 4.50. The Morgan fingerprint density at radius 3 is 2.84 bits per heavy atom. The Morgan fingerprint density at radius 2 is 2.26 bits per heavy atom. The van der Waals surface area contributed by atoms with Crippen molar-refractivity contribution in [1.29, 1.82) is 0 Å². The average Bonchev–Trinajstić information content (AvgIpc) is 2.88. The Morgan fingerprint density at radius 1 is 1.47 bits per heavy atom. The smallest absolute Gasteiger partial charge is 0.129 e. The summed E-state index contributed by atoms with van der Waals surface area (Å²) in [5.74, 6) is 0.929. The molecular formula is C14H17N3S2. The van der Waals surface area contributed by atoms with Gasteiger partial charge in [-0.2, -0.15) is 0 Å². The molecule has 0 bridgehead atoms. The van der Waals surface area contributed by atoms with Crippen LogP contribution in [0.15, 0.2) is 29.6 Å². The van der Waals surface area contributed by atoms with E-state index in [-0.39, 0.29) is 0 Å². The van der Waals surface area contributed by atoms with Crippen LogP contribution in [0.4, 0.5) is 5.82 Å². The number of thiophene rings is 1. The van der Waals surface area contributed by atoms with Crippen molar-refractivity contribution in [2.75, 3.05) is 11.4 Å². The van der Waals surface area contributed by atoms with Crippen molar-refractivity contribution < 1.29 is 0 Å². The average molecular weight is 291 g/mol. The Balaban J connectivity index is 2.29. The van der Waals surface area contributed by atoms with E-state index < -0.39 is 0 Å². The van der Waals surface area contributed by atoms with Gasteiger partial charge in [0.05, 0.1) is 6.54 Å². The number of nitrogens with two attached hydrogens (primary N) is 1. The minimum Gasteiger partial charge on any atom is -0.389 e. The highest BCUT2D eigenvalue weighted by Crippen LogP contribution is 2.19. The number of aryl methyl sites for hydroxylation is 1. The van der Waals surface area contributed by atoms with Gasteiger partial charge >= 0.3 is 0 Å². The van der Waals surface area contributed by atoms with Crippen LogP contribution in [0.1, 0.15) is 23.1 Å². The van der Waals surface area contributed by atoms with Gasteiger partial charge in [-0.25, -0.2) is 4.98 Å². The summed E-state index contributed by atoms with van der Waals surface area (Å²) in [6.07, 6.45) is 0. The lowest BCUT2D eigenvalue weighted by atomic mass is 10.2. The standard InChI is InChI=1S/C14H17N3S2/c1-3-17(9-12-5-4-6-19-12)13-8-11(14(15)18)7-10(2)16-13/h4-8H,3,9H2,1-2H3,(H2,15,18). The maximum Gasteiger partial charge on any atom is 0.129 e. The maximum absolute atomic E-state index is 5.72. The molecule has 0 aromatic carbocycles. The van der Waals surface area contributed by atoms with E-state index in [4.69, 9.17) is 18.0 Å². The van der Waals surface area contributed by atoms with E-state index in [2.05, 4.69) is 34.3 Å². The van der Waals surface area contributed by atoms with Crippen molar-refractivity contribution in [3.63, 3.8) is 0 Å². The zero-order chi connectivity index (χ0) is 13.8. The van der Waals surface area contributed by atoms with Crippen molar-refractivity contribution >= 4 is 34.4 Å². The molecule has 2 heterocycles. The van der Waals surface area contributed by atoms with Gasteiger partial charge in [0.25, 0.3) is 0 Å². The molecule has 19 heavy (non-hydrogen) atoms. The van der Waals surface area contributed by atoms with Crippen molar-refractivity contribution in [2.24, 2.45) is 5.73 Å². The summed E-state index contributed by atoms with van der Waals surface area (Å²) < 4.78 is 0. The SMILES string of the molecule is CCN(Cc1cccs1)c1cc(C(N)=S)cc(C)n1. The molecule has 0 saturated carbocycles. The lowest BCUT2D eigenvalue weighted by Gasteiger charge is -2.22. The van der Waals surface area contributed by atoms with Gasteiger partial charge in [0.2, 0.25) is 0 Å². The third kappa shape index (κ3) is 3.52. The Hall–Kier alpha value is -1.46. The lowest BCUT2D eigenvalue weighted by molar-refractivity contribution is 0.820. The van der Waals surface area contributed by atoms with Gasteiger partial charge in [-0.3, -0.25) is 0 Å². The number of pyridine rings is 1. The van der Waals surface area contributed by atoms with Gasteiger partial charge in [-0.05, 0) is 37.4 Å². The normalized spacial score (nSPS) is 10.4. The van der Waals surface area contributed by atoms with Gasteiger partial charge < -0.3 is 10.6 Å². The summed E-state index contributed by atoms with van der Waals surface area (Å²) in [4.78, 5) is 8.54. The first-order chi connectivity index (χ1) is 9.10. The molecule has 0 spiro atoms.